The molecule has 0 radical (unpaired) electrons. The molecule has 0 aromatic heterocycles. The van der Waals surface area contributed by atoms with Crippen LogP contribution in [-0.2, 0) is 0 Å². The first kappa shape index (κ1) is 9.23. The number of thioether (sulfide) groups is 1. The van der Waals surface area contributed by atoms with Crippen molar-refractivity contribution in [2.45, 2.75) is 24.6 Å². The molecule has 0 amide bonds. The maximum absolute atomic E-state index is 8.88. The summed E-state index contributed by atoms with van der Waals surface area (Å²) in [5, 5.41) is 26.6. The van der Waals surface area contributed by atoms with Gasteiger partial charge in [-0.3, -0.25) is 0 Å². The zero-order valence-electron chi connectivity index (χ0n) is 5.53. The maximum atomic E-state index is 8.88. The molecule has 0 saturated heterocycles. The smallest absolute Gasteiger partial charge is 0.198 e. The average molecular weight is 152 g/mol. The Balaban J connectivity index is 3.80. The van der Waals surface area contributed by atoms with Gasteiger partial charge in [-0.05, 0) is 6.26 Å². The van der Waals surface area contributed by atoms with Gasteiger partial charge in [0.05, 0.1) is 0 Å². The standard InChI is InChI=1S/C5H12O3S/c1-3-5(7,8)4(6)9-2/h4,6-8H,3H2,1-2H3. The third-order valence-corrected chi connectivity index (χ3v) is 1.96. The zero-order valence-corrected chi connectivity index (χ0v) is 6.35. The Labute approximate surface area is 58.7 Å². The summed E-state index contributed by atoms with van der Waals surface area (Å²) in [7, 11) is 0. The Bertz CT molecular complexity index is 84.3. The van der Waals surface area contributed by atoms with E-state index in [-0.39, 0.29) is 6.42 Å². The molecule has 0 aliphatic carbocycles. The van der Waals surface area contributed by atoms with Gasteiger partial charge in [0.1, 0.15) is 0 Å². The maximum Gasteiger partial charge on any atom is 0.198 e. The van der Waals surface area contributed by atoms with Crippen LogP contribution in [0.3, 0.4) is 0 Å². The van der Waals surface area contributed by atoms with Crippen LogP contribution in [-0.4, -0.2) is 32.8 Å². The average Bonchev–Trinajstić information content (AvgIpc) is 1.86. The van der Waals surface area contributed by atoms with Gasteiger partial charge in [-0.25, -0.2) is 0 Å². The topological polar surface area (TPSA) is 60.7 Å². The van der Waals surface area contributed by atoms with Crippen molar-refractivity contribution in [2.24, 2.45) is 0 Å². The van der Waals surface area contributed by atoms with Crippen LogP contribution in [0.1, 0.15) is 13.3 Å². The lowest BCUT2D eigenvalue weighted by Crippen LogP contribution is -2.39. The Kier molecular flexibility index (Phi) is 3.50. The Hall–Kier alpha value is 0.230. The van der Waals surface area contributed by atoms with E-state index in [1.165, 1.54) is 0 Å². The molecule has 56 valence electrons. The van der Waals surface area contributed by atoms with Crippen molar-refractivity contribution in [3.8, 4) is 0 Å². The Morgan fingerprint density at radius 2 is 2.00 bits per heavy atom. The number of hydrogen-bond acceptors (Lipinski definition) is 4. The second-order valence-electron chi connectivity index (χ2n) is 1.82. The molecule has 4 heteroatoms. The van der Waals surface area contributed by atoms with Crippen LogP contribution in [0, 0.1) is 0 Å². The number of rotatable bonds is 3. The molecule has 1 atom stereocenters. The van der Waals surface area contributed by atoms with Crippen LogP contribution in [0.4, 0.5) is 0 Å². The lowest BCUT2D eigenvalue weighted by molar-refractivity contribution is -0.199. The molecule has 0 saturated carbocycles. The van der Waals surface area contributed by atoms with E-state index in [0.29, 0.717) is 0 Å². The Morgan fingerprint density at radius 1 is 1.56 bits per heavy atom. The number of aliphatic hydroxyl groups is 3. The summed E-state index contributed by atoms with van der Waals surface area (Å²) in [5.74, 6) is -1.93. The fourth-order valence-corrected chi connectivity index (χ4v) is 0.908. The monoisotopic (exact) mass is 152 g/mol. The highest BCUT2D eigenvalue weighted by Crippen LogP contribution is 2.18. The van der Waals surface area contributed by atoms with Crippen LogP contribution < -0.4 is 0 Å². The summed E-state index contributed by atoms with van der Waals surface area (Å²) >= 11 is 1.01. The predicted molar refractivity (Wildman–Crippen MR) is 37.0 cm³/mol. The fraction of sp³-hybridized carbons (Fsp3) is 1.00. The molecule has 0 aliphatic heterocycles. The highest BCUT2D eigenvalue weighted by atomic mass is 32.2. The molecule has 3 N–H and O–H groups in total. The van der Waals surface area contributed by atoms with E-state index in [1.807, 2.05) is 0 Å². The summed E-state index contributed by atoms with van der Waals surface area (Å²) in [4.78, 5) is 0. The predicted octanol–water partition coefficient (Wildman–Crippen LogP) is -0.241. The molecule has 0 aromatic rings. The minimum atomic E-state index is -1.93. The van der Waals surface area contributed by atoms with E-state index >= 15 is 0 Å². The van der Waals surface area contributed by atoms with E-state index in [9.17, 15) is 0 Å². The van der Waals surface area contributed by atoms with Gasteiger partial charge in [0, 0.05) is 6.42 Å². The van der Waals surface area contributed by atoms with Gasteiger partial charge in [-0.15, -0.1) is 11.8 Å². The summed E-state index contributed by atoms with van der Waals surface area (Å²) in [6, 6.07) is 0. The molecule has 0 spiro atoms. The quantitative estimate of drug-likeness (QED) is 0.488. The molecule has 0 aromatic carbocycles. The Morgan fingerprint density at radius 3 is 2.11 bits per heavy atom. The largest absolute Gasteiger partial charge is 0.377 e. The SMILES string of the molecule is CCC(O)(O)C(O)SC. The van der Waals surface area contributed by atoms with Crippen LogP contribution in [0.25, 0.3) is 0 Å². The third kappa shape index (κ3) is 2.53. The lowest BCUT2D eigenvalue weighted by atomic mass is 10.2. The molecule has 1 unspecified atom stereocenters. The van der Waals surface area contributed by atoms with E-state index in [2.05, 4.69) is 0 Å². The summed E-state index contributed by atoms with van der Waals surface area (Å²) in [5.41, 5.74) is -1.11. The van der Waals surface area contributed by atoms with E-state index < -0.39 is 11.2 Å². The molecule has 9 heavy (non-hydrogen) atoms. The van der Waals surface area contributed by atoms with E-state index in [4.69, 9.17) is 15.3 Å². The first-order valence-electron chi connectivity index (χ1n) is 2.70. The van der Waals surface area contributed by atoms with Crippen LogP contribution in [0.15, 0.2) is 0 Å². The molecular formula is C5H12O3S. The van der Waals surface area contributed by atoms with Crippen molar-refractivity contribution in [1.29, 1.82) is 0 Å². The minimum absolute atomic E-state index is 0.134. The molecular weight excluding hydrogens is 140 g/mol. The molecule has 0 fully saturated rings. The molecule has 0 rings (SSSR count). The van der Waals surface area contributed by atoms with Gasteiger partial charge in [0.25, 0.3) is 0 Å². The summed E-state index contributed by atoms with van der Waals surface area (Å²) in [6.07, 6.45) is 1.75. The molecule has 0 bridgehead atoms. The van der Waals surface area contributed by atoms with Crippen molar-refractivity contribution in [3.63, 3.8) is 0 Å². The van der Waals surface area contributed by atoms with Crippen molar-refractivity contribution in [3.05, 3.63) is 0 Å². The highest BCUT2D eigenvalue weighted by Gasteiger charge is 2.29. The highest BCUT2D eigenvalue weighted by molar-refractivity contribution is 7.99. The minimum Gasteiger partial charge on any atom is -0.377 e. The van der Waals surface area contributed by atoms with Crippen LogP contribution in [0.2, 0.25) is 0 Å². The first-order valence-corrected chi connectivity index (χ1v) is 3.99. The van der Waals surface area contributed by atoms with Crippen LogP contribution >= 0.6 is 11.8 Å². The van der Waals surface area contributed by atoms with Crippen molar-refractivity contribution < 1.29 is 15.3 Å². The van der Waals surface area contributed by atoms with Crippen LogP contribution in [0.5, 0.6) is 0 Å². The van der Waals surface area contributed by atoms with Gasteiger partial charge in [-0.2, -0.15) is 0 Å². The second-order valence-corrected chi connectivity index (χ2v) is 2.74. The lowest BCUT2D eigenvalue weighted by Gasteiger charge is -2.23. The summed E-state index contributed by atoms with van der Waals surface area (Å²) < 4.78 is 0. The number of aliphatic hydroxyl groups excluding tert-OH is 1. The second kappa shape index (κ2) is 3.41. The van der Waals surface area contributed by atoms with Gasteiger partial charge < -0.3 is 15.3 Å². The summed E-state index contributed by atoms with van der Waals surface area (Å²) in [6.45, 7) is 1.60. The molecule has 0 heterocycles. The van der Waals surface area contributed by atoms with Crippen molar-refractivity contribution >= 4 is 11.8 Å². The third-order valence-electron chi connectivity index (χ3n) is 1.14. The molecule has 0 aliphatic rings. The van der Waals surface area contributed by atoms with E-state index in [1.54, 1.807) is 13.2 Å². The van der Waals surface area contributed by atoms with Crippen molar-refractivity contribution in [2.75, 3.05) is 6.26 Å². The first-order chi connectivity index (χ1) is 4.04. The fourth-order valence-electron chi connectivity index (χ4n) is 0.363. The van der Waals surface area contributed by atoms with Gasteiger partial charge in [0.2, 0.25) is 0 Å². The molecule has 3 nitrogen and oxygen atoms in total. The van der Waals surface area contributed by atoms with Crippen molar-refractivity contribution in [1.82, 2.24) is 0 Å². The van der Waals surface area contributed by atoms with Gasteiger partial charge >= 0.3 is 0 Å². The normalized spacial score (nSPS) is 15.7. The van der Waals surface area contributed by atoms with E-state index in [0.717, 1.165) is 11.8 Å². The number of hydrogen-bond donors (Lipinski definition) is 3. The van der Waals surface area contributed by atoms with Gasteiger partial charge in [-0.1, -0.05) is 6.92 Å². The van der Waals surface area contributed by atoms with Gasteiger partial charge in [0.15, 0.2) is 11.2 Å². The zero-order chi connectivity index (χ0) is 7.49.